The number of unbranched alkanes of at least 4 members (excludes halogenated alkanes) is 1. The van der Waals surface area contributed by atoms with Crippen LogP contribution in [0.5, 0.6) is 0 Å². The van der Waals surface area contributed by atoms with Crippen molar-refractivity contribution in [2.24, 2.45) is 18.9 Å². The highest BCUT2D eigenvalue weighted by Gasteiger charge is 2.28. The summed E-state index contributed by atoms with van der Waals surface area (Å²) in [6.45, 7) is 5.50. The molecular formula is C15H26N4O2. The first-order chi connectivity index (χ1) is 9.97. The predicted molar refractivity (Wildman–Crippen MR) is 85.6 cm³/mol. The zero-order chi connectivity index (χ0) is 15.6. The van der Waals surface area contributed by atoms with Gasteiger partial charge in [0, 0.05) is 20.1 Å². The molecule has 2 rings (SSSR count). The second-order valence-corrected chi connectivity index (χ2v) is 6.11. The van der Waals surface area contributed by atoms with Gasteiger partial charge in [0.05, 0.1) is 0 Å². The molecule has 6 heteroatoms. The van der Waals surface area contributed by atoms with Gasteiger partial charge >= 0.3 is 5.69 Å². The quantitative estimate of drug-likeness (QED) is 0.796. The van der Waals surface area contributed by atoms with Crippen LogP contribution in [0.15, 0.2) is 9.59 Å². The molecule has 6 nitrogen and oxygen atoms in total. The molecule has 1 unspecified atom stereocenters. The van der Waals surface area contributed by atoms with Gasteiger partial charge in [-0.2, -0.15) is 0 Å². The third-order valence-corrected chi connectivity index (χ3v) is 4.35. The lowest BCUT2D eigenvalue weighted by molar-refractivity contribution is 0.533. The van der Waals surface area contributed by atoms with E-state index in [-0.39, 0.29) is 17.1 Å². The number of hydrogen-bond donors (Lipinski definition) is 2. The molecule has 1 fully saturated rings. The first-order valence-electron chi connectivity index (χ1n) is 7.80. The highest BCUT2D eigenvalue weighted by Crippen LogP contribution is 2.36. The summed E-state index contributed by atoms with van der Waals surface area (Å²) < 4.78 is 2.63. The summed E-state index contributed by atoms with van der Waals surface area (Å²) >= 11 is 0. The van der Waals surface area contributed by atoms with Crippen LogP contribution >= 0.6 is 0 Å². The number of nitrogens with two attached hydrogens (primary N) is 1. The van der Waals surface area contributed by atoms with E-state index in [4.69, 9.17) is 5.73 Å². The molecule has 1 saturated carbocycles. The molecule has 3 N–H and O–H groups in total. The van der Waals surface area contributed by atoms with Crippen LogP contribution in [0, 0.1) is 11.8 Å². The van der Waals surface area contributed by atoms with Gasteiger partial charge in [-0.25, -0.2) is 4.79 Å². The van der Waals surface area contributed by atoms with Gasteiger partial charge in [0.1, 0.15) is 11.5 Å². The topological polar surface area (TPSA) is 82.0 Å². The minimum atomic E-state index is -0.341. The van der Waals surface area contributed by atoms with Crippen LogP contribution < -0.4 is 22.3 Å². The molecule has 1 aromatic rings. The van der Waals surface area contributed by atoms with Gasteiger partial charge in [0.15, 0.2) is 0 Å². The average Bonchev–Trinajstić information content (AvgIpc) is 3.29. The van der Waals surface area contributed by atoms with Crippen molar-refractivity contribution in [3.05, 3.63) is 20.8 Å². The third-order valence-electron chi connectivity index (χ3n) is 4.35. The van der Waals surface area contributed by atoms with E-state index in [0.717, 1.165) is 29.9 Å². The minimum Gasteiger partial charge on any atom is -0.383 e. The number of aromatic nitrogens is 2. The van der Waals surface area contributed by atoms with E-state index in [0.29, 0.717) is 18.2 Å². The van der Waals surface area contributed by atoms with E-state index in [2.05, 4.69) is 19.2 Å². The maximum atomic E-state index is 12.2. The monoisotopic (exact) mass is 294 g/mol. The van der Waals surface area contributed by atoms with Crippen LogP contribution in [0.1, 0.15) is 39.5 Å². The number of nitrogens with one attached hydrogen (secondary N) is 1. The van der Waals surface area contributed by atoms with Gasteiger partial charge in [-0.15, -0.1) is 0 Å². The van der Waals surface area contributed by atoms with Crippen LogP contribution in [0.4, 0.5) is 11.5 Å². The van der Waals surface area contributed by atoms with Crippen LogP contribution in [-0.4, -0.2) is 15.7 Å². The largest absolute Gasteiger partial charge is 0.383 e. The fourth-order valence-electron chi connectivity index (χ4n) is 2.58. The summed E-state index contributed by atoms with van der Waals surface area (Å²) in [4.78, 5) is 24.4. The van der Waals surface area contributed by atoms with Gasteiger partial charge < -0.3 is 11.1 Å². The van der Waals surface area contributed by atoms with E-state index in [1.165, 1.54) is 24.5 Å². The summed E-state index contributed by atoms with van der Waals surface area (Å²) in [5.74, 6) is 1.54. The Hall–Kier alpha value is -1.72. The molecule has 0 bridgehead atoms. The van der Waals surface area contributed by atoms with Crippen LogP contribution in [0.25, 0.3) is 0 Å². The Morgan fingerprint density at radius 1 is 1.38 bits per heavy atom. The zero-order valence-electron chi connectivity index (χ0n) is 13.2. The van der Waals surface area contributed by atoms with E-state index in [1.807, 2.05) is 0 Å². The van der Waals surface area contributed by atoms with Crippen molar-refractivity contribution in [3.8, 4) is 0 Å². The number of anilines is 2. The average molecular weight is 294 g/mol. The standard InChI is InChI=1S/C15H26N4O2/c1-4-5-8-19-13(16)12(14(20)18(3)15(19)21)17-9-10(2)11-6-7-11/h10-11,17H,4-9,16H2,1-3H3. The van der Waals surface area contributed by atoms with Gasteiger partial charge in [-0.1, -0.05) is 20.3 Å². The highest BCUT2D eigenvalue weighted by atomic mass is 16.2. The highest BCUT2D eigenvalue weighted by molar-refractivity contribution is 5.60. The lowest BCUT2D eigenvalue weighted by Gasteiger charge is -2.17. The summed E-state index contributed by atoms with van der Waals surface area (Å²) in [6, 6.07) is 0. The number of rotatable bonds is 7. The van der Waals surface area contributed by atoms with E-state index in [9.17, 15) is 9.59 Å². The Morgan fingerprint density at radius 3 is 2.62 bits per heavy atom. The second kappa shape index (κ2) is 6.37. The van der Waals surface area contributed by atoms with E-state index in [1.54, 1.807) is 0 Å². The van der Waals surface area contributed by atoms with Crippen molar-refractivity contribution in [2.75, 3.05) is 17.6 Å². The molecule has 0 saturated heterocycles. The Bertz CT molecular complexity index is 613. The van der Waals surface area contributed by atoms with Crippen LogP contribution in [-0.2, 0) is 13.6 Å². The summed E-state index contributed by atoms with van der Waals surface area (Å²) in [5.41, 5.74) is 5.74. The number of nitrogen functional groups attached to an aromatic ring is 1. The van der Waals surface area contributed by atoms with E-state index < -0.39 is 0 Å². The van der Waals surface area contributed by atoms with Gasteiger partial charge in [-0.05, 0) is 31.1 Å². The Labute approximate surface area is 125 Å². The van der Waals surface area contributed by atoms with Crippen LogP contribution in [0.3, 0.4) is 0 Å². The molecular weight excluding hydrogens is 268 g/mol. The molecule has 0 spiro atoms. The Kier molecular flexibility index (Phi) is 4.75. The molecule has 0 aliphatic heterocycles. The first kappa shape index (κ1) is 15.7. The van der Waals surface area contributed by atoms with Crippen molar-refractivity contribution >= 4 is 11.5 Å². The molecule has 21 heavy (non-hydrogen) atoms. The fraction of sp³-hybridized carbons (Fsp3) is 0.733. The molecule has 118 valence electrons. The van der Waals surface area contributed by atoms with Gasteiger partial charge in [-0.3, -0.25) is 13.9 Å². The molecule has 1 heterocycles. The van der Waals surface area contributed by atoms with Gasteiger partial charge in [0.2, 0.25) is 0 Å². The lowest BCUT2D eigenvalue weighted by atomic mass is 10.1. The van der Waals surface area contributed by atoms with Crippen molar-refractivity contribution < 1.29 is 0 Å². The Morgan fingerprint density at radius 2 is 2.05 bits per heavy atom. The van der Waals surface area contributed by atoms with Crippen molar-refractivity contribution in [3.63, 3.8) is 0 Å². The summed E-state index contributed by atoms with van der Waals surface area (Å²) in [6.07, 6.45) is 4.37. The minimum absolute atomic E-state index is 0.263. The molecule has 1 aliphatic rings. The van der Waals surface area contributed by atoms with Crippen molar-refractivity contribution in [1.82, 2.24) is 9.13 Å². The maximum Gasteiger partial charge on any atom is 0.332 e. The number of nitrogens with zero attached hydrogens (tertiary/aromatic N) is 2. The molecule has 0 radical (unpaired) electrons. The Balaban J connectivity index is 2.28. The zero-order valence-corrected chi connectivity index (χ0v) is 13.2. The van der Waals surface area contributed by atoms with Crippen LogP contribution in [0.2, 0.25) is 0 Å². The van der Waals surface area contributed by atoms with E-state index >= 15 is 0 Å². The summed E-state index contributed by atoms with van der Waals surface area (Å²) in [5, 5.41) is 3.17. The summed E-state index contributed by atoms with van der Waals surface area (Å²) in [7, 11) is 1.50. The molecule has 1 atom stereocenters. The normalized spacial score (nSPS) is 16.0. The third kappa shape index (κ3) is 3.31. The second-order valence-electron chi connectivity index (χ2n) is 6.11. The van der Waals surface area contributed by atoms with Crippen molar-refractivity contribution in [2.45, 2.75) is 46.1 Å². The van der Waals surface area contributed by atoms with Gasteiger partial charge in [0.25, 0.3) is 5.56 Å². The molecule has 0 amide bonds. The SMILES string of the molecule is CCCCn1c(N)c(NCC(C)C2CC2)c(=O)n(C)c1=O. The van der Waals surface area contributed by atoms with Crippen molar-refractivity contribution in [1.29, 1.82) is 0 Å². The smallest absolute Gasteiger partial charge is 0.332 e. The number of hydrogen-bond acceptors (Lipinski definition) is 4. The lowest BCUT2D eigenvalue weighted by Crippen LogP contribution is -2.41. The molecule has 0 aromatic carbocycles. The fourth-order valence-corrected chi connectivity index (χ4v) is 2.58. The first-order valence-corrected chi connectivity index (χ1v) is 7.80. The molecule has 1 aromatic heterocycles. The maximum absolute atomic E-state index is 12.2. The molecule has 1 aliphatic carbocycles. The predicted octanol–water partition coefficient (Wildman–Crippen LogP) is 1.39.